The molecule has 0 fully saturated rings. The highest BCUT2D eigenvalue weighted by Crippen LogP contribution is 2.45. The van der Waals surface area contributed by atoms with Gasteiger partial charge in [0, 0.05) is 12.6 Å². The largest absolute Gasteiger partial charge is 0.512 e. The highest BCUT2D eigenvalue weighted by Gasteiger charge is 2.61. The van der Waals surface area contributed by atoms with Gasteiger partial charge in [-0.15, -0.1) is 0 Å². The highest BCUT2D eigenvalue weighted by atomic mass is 19.4. The average molecular weight is 274 g/mol. The lowest BCUT2D eigenvalue weighted by atomic mass is 10.1. The van der Waals surface area contributed by atoms with Gasteiger partial charge in [-0.2, -0.15) is 27.1 Å². The van der Waals surface area contributed by atoms with Gasteiger partial charge in [0.25, 0.3) is 0 Å². The molecular weight excluding hydrogens is 267 g/mol. The fraction of sp³-hybridized carbons (Fsp3) is 0.500. The molecule has 0 saturated heterocycles. The third kappa shape index (κ3) is 2.22. The van der Waals surface area contributed by atoms with Gasteiger partial charge in [0.2, 0.25) is 5.88 Å². The van der Waals surface area contributed by atoms with Crippen LogP contribution in [0.15, 0.2) is 0 Å². The van der Waals surface area contributed by atoms with Crippen LogP contribution in [-0.4, -0.2) is 27.2 Å². The van der Waals surface area contributed by atoms with Crippen LogP contribution in [0, 0.1) is 6.92 Å². The van der Waals surface area contributed by atoms with Crippen LogP contribution < -0.4 is 4.74 Å². The van der Waals surface area contributed by atoms with Gasteiger partial charge in [-0.05, 0) is 6.92 Å². The summed E-state index contributed by atoms with van der Waals surface area (Å²) in [5, 5.41) is 11.3. The number of ether oxygens (including phenoxy) is 1. The predicted octanol–water partition coefficient (Wildman–Crippen LogP) is 2.44. The minimum Gasteiger partial charge on any atom is -0.449 e. The van der Waals surface area contributed by atoms with Gasteiger partial charge in [-0.25, -0.2) is 9.48 Å². The van der Waals surface area contributed by atoms with Crippen LogP contribution in [0.4, 0.5) is 26.7 Å². The minimum absolute atomic E-state index is 0.498. The molecule has 0 radical (unpaired) electrons. The van der Waals surface area contributed by atoms with Gasteiger partial charge >= 0.3 is 18.3 Å². The van der Waals surface area contributed by atoms with Crippen molar-refractivity contribution in [2.75, 3.05) is 0 Å². The Kier molecular flexibility index (Phi) is 3.24. The van der Waals surface area contributed by atoms with Crippen molar-refractivity contribution in [3.8, 4) is 5.88 Å². The van der Waals surface area contributed by atoms with Gasteiger partial charge in [-0.1, -0.05) is 0 Å². The van der Waals surface area contributed by atoms with Crippen LogP contribution in [0.1, 0.15) is 11.3 Å². The molecule has 1 aromatic heterocycles. The molecule has 1 heterocycles. The van der Waals surface area contributed by atoms with E-state index in [1.54, 1.807) is 0 Å². The van der Waals surface area contributed by atoms with Crippen LogP contribution in [-0.2, 0) is 13.0 Å². The third-order valence-corrected chi connectivity index (χ3v) is 2.06. The van der Waals surface area contributed by atoms with Gasteiger partial charge < -0.3 is 9.84 Å². The number of aryl methyl sites for hydroxylation is 1. The fourth-order valence-corrected chi connectivity index (χ4v) is 1.27. The Morgan fingerprint density at radius 2 is 1.83 bits per heavy atom. The molecule has 1 N–H and O–H groups in total. The normalized spacial score (nSPS) is 12.6. The number of hydrogen-bond acceptors (Lipinski definition) is 3. The first kappa shape index (κ1) is 14.2. The van der Waals surface area contributed by atoms with E-state index in [-0.39, 0.29) is 0 Å². The molecule has 0 atom stereocenters. The standard InChI is InChI=1S/C8H7F5N2O3/c1-3-4(7(9,10)8(11,12)13)14-15(2)5(3)18-6(16)17/h1-2H3,(H,16,17). The Bertz CT molecular complexity index is 480. The molecular formula is C8H7F5N2O3. The highest BCUT2D eigenvalue weighted by molar-refractivity contribution is 5.61. The number of halogens is 5. The van der Waals surface area contributed by atoms with E-state index in [1.165, 1.54) is 0 Å². The summed E-state index contributed by atoms with van der Waals surface area (Å²) >= 11 is 0. The lowest BCUT2D eigenvalue weighted by molar-refractivity contribution is -0.291. The van der Waals surface area contributed by atoms with Crippen LogP contribution in [0.25, 0.3) is 0 Å². The number of carbonyl (C=O) groups is 1. The van der Waals surface area contributed by atoms with E-state index < -0.39 is 35.4 Å². The summed E-state index contributed by atoms with van der Waals surface area (Å²) in [6.45, 7) is 0.861. The second-order valence-electron chi connectivity index (χ2n) is 3.34. The topological polar surface area (TPSA) is 64.4 Å². The van der Waals surface area contributed by atoms with E-state index in [9.17, 15) is 26.7 Å². The molecule has 0 saturated carbocycles. The maximum absolute atomic E-state index is 13.1. The van der Waals surface area contributed by atoms with Crippen molar-refractivity contribution in [2.45, 2.75) is 19.0 Å². The summed E-state index contributed by atoms with van der Waals surface area (Å²) in [5.41, 5.74) is -2.28. The first-order chi connectivity index (χ1) is 7.98. The first-order valence-electron chi connectivity index (χ1n) is 4.38. The molecule has 0 aliphatic rings. The smallest absolute Gasteiger partial charge is 0.449 e. The maximum atomic E-state index is 13.1. The molecule has 1 rings (SSSR count). The summed E-state index contributed by atoms with van der Waals surface area (Å²) < 4.78 is 67.1. The molecule has 102 valence electrons. The van der Waals surface area contributed by atoms with Crippen LogP contribution >= 0.6 is 0 Å². The van der Waals surface area contributed by atoms with E-state index in [2.05, 4.69) is 9.84 Å². The molecule has 0 amide bonds. The Morgan fingerprint density at radius 3 is 2.22 bits per heavy atom. The molecule has 0 aliphatic heterocycles. The molecule has 0 bridgehead atoms. The van der Waals surface area contributed by atoms with Gasteiger partial charge in [0.1, 0.15) is 5.69 Å². The van der Waals surface area contributed by atoms with E-state index in [0.29, 0.717) is 4.68 Å². The molecule has 0 aromatic carbocycles. The first-order valence-corrected chi connectivity index (χ1v) is 4.38. The summed E-state index contributed by atoms with van der Waals surface area (Å²) in [6.07, 6.45) is -7.67. The Labute approximate surface area is 96.8 Å². The van der Waals surface area contributed by atoms with Crippen LogP contribution in [0.2, 0.25) is 0 Å². The van der Waals surface area contributed by atoms with Crippen molar-refractivity contribution in [1.82, 2.24) is 9.78 Å². The molecule has 0 spiro atoms. The zero-order valence-corrected chi connectivity index (χ0v) is 9.05. The molecule has 1 aromatic rings. The summed E-state index contributed by atoms with van der Waals surface area (Å²) in [5.74, 6) is -5.88. The van der Waals surface area contributed by atoms with Gasteiger partial charge in [0.15, 0.2) is 0 Å². The zero-order valence-electron chi connectivity index (χ0n) is 9.05. The summed E-state index contributed by atoms with van der Waals surface area (Å²) in [4.78, 5) is 10.3. The summed E-state index contributed by atoms with van der Waals surface area (Å²) in [7, 11) is 0.987. The number of aromatic nitrogens is 2. The quantitative estimate of drug-likeness (QED) is 0.664. The van der Waals surface area contributed by atoms with Gasteiger partial charge in [-0.3, -0.25) is 0 Å². The minimum atomic E-state index is -5.83. The molecule has 18 heavy (non-hydrogen) atoms. The lowest BCUT2D eigenvalue weighted by Crippen LogP contribution is -2.34. The van der Waals surface area contributed by atoms with Gasteiger partial charge in [0.05, 0.1) is 0 Å². The van der Waals surface area contributed by atoms with Crippen molar-refractivity contribution in [2.24, 2.45) is 7.05 Å². The number of hydrogen-bond donors (Lipinski definition) is 1. The number of nitrogens with zero attached hydrogens (tertiary/aromatic N) is 2. The Balaban J connectivity index is 3.33. The molecule has 0 unspecified atom stereocenters. The monoisotopic (exact) mass is 274 g/mol. The van der Waals surface area contributed by atoms with E-state index >= 15 is 0 Å². The Hall–Kier alpha value is -1.87. The SMILES string of the molecule is Cc1c(C(F)(F)C(F)(F)F)nn(C)c1OC(=O)O. The number of alkyl halides is 5. The Morgan fingerprint density at radius 1 is 1.33 bits per heavy atom. The van der Waals surface area contributed by atoms with Crippen LogP contribution in [0.3, 0.4) is 0 Å². The zero-order chi connectivity index (χ0) is 14.3. The molecule has 5 nitrogen and oxygen atoms in total. The van der Waals surface area contributed by atoms with Crippen molar-refractivity contribution < 1.29 is 36.6 Å². The van der Waals surface area contributed by atoms with Crippen molar-refractivity contribution >= 4 is 6.16 Å². The second kappa shape index (κ2) is 4.10. The van der Waals surface area contributed by atoms with E-state index in [1.807, 2.05) is 0 Å². The van der Waals surface area contributed by atoms with Crippen molar-refractivity contribution in [1.29, 1.82) is 0 Å². The number of carboxylic acid groups (broad SMARTS) is 1. The van der Waals surface area contributed by atoms with Crippen molar-refractivity contribution in [3.05, 3.63) is 11.3 Å². The molecule has 0 aliphatic carbocycles. The average Bonchev–Trinajstić information content (AvgIpc) is 2.43. The molecule has 10 heteroatoms. The fourth-order valence-electron chi connectivity index (χ4n) is 1.27. The van der Waals surface area contributed by atoms with Crippen LogP contribution in [0.5, 0.6) is 5.88 Å². The maximum Gasteiger partial charge on any atom is 0.512 e. The van der Waals surface area contributed by atoms with E-state index in [0.717, 1.165) is 14.0 Å². The third-order valence-electron chi connectivity index (χ3n) is 2.06. The number of rotatable bonds is 2. The van der Waals surface area contributed by atoms with E-state index in [4.69, 9.17) is 5.11 Å². The predicted molar refractivity (Wildman–Crippen MR) is 46.5 cm³/mol. The van der Waals surface area contributed by atoms with Crippen molar-refractivity contribution in [3.63, 3.8) is 0 Å². The summed E-state index contributed by atoms with van der Waals surface area (Å²) in [6, 6.07) is 0. The lowest BCUT2D eigenvalue weighted by Gasteiger charge is -2.17. The second-order valence-corrected chi connectivity index (χ2v) is 3.34.